The van der Waals surface area contributed by atoms with E-state index in [1.165, 1.54) is 0 Å². The molecule has 0 spiro atoms. The maximum Gasteiger partial charge on any atom is 0.140 e. The lowest BCUT2D eigenvalue weighted by Gasteiger charge is -2.10. The SMILES string of the molecule is Cc1c(N)cnc(NCc2cccnc2)c1Br. The summed E-state index contributed by atoms with van der Waals surface area (Å²) < 4.78 is 0.904. The number of nitrogens with one attached hydrogen (secondary N) is 1. The summed E-state index contributed by atoms with van der Waals surface area (Å²) in [6.45, 7) is 2.64. The number of hydrogen-bond acceptors (Lipinski definition) is 4. The van der Waals surface area contributed by atoms with E-state index < -0.39 is 0 Å². The van der Waals surface area contributed by atoms with Crippen LogP contribution in [-0.2, 0) is 6.54 Å². The Morgan fingerprint density at radius 1 is 1.41 bits per heavy atom. The summed E-state index contributed by atoms with van der Waals surface area (Å²) >= 11 is 3.48. The Kier molecular flexibility index (Phi) is 3.58. The number of anilines is 2. The van der Waals surface area contributed by atoms with Gasteiger partial charge in [-0.1, -0.05) is 6.07 Å². The molecule has 2 heterocycles. The Bertz CT molecular complexity index is 513. The van der Waals surface area contributed by atoms with Gasteiger partial charge in [-0.3, -0.25) is 4.98 Å². The minimum atomic E-state index is 0.683. The summed E-state index contributed by atoms with van der Waals surface area (Å²) in [5.74, 6) is 0.792. The first-order valence-corrected chi connectivity index (χ1v) is 6.01. The van der Waals surface area contributed by atoms with Crippen LogP contribution in [0.5, 0.6) is 0 Å². The highest BCUT2D eigenvalue weighted by atomic mass is 79.9. The monoisotopic (exact) mass is 292 g/mol. The Morgan fingerprint density at radius 3 is 2.94 bits per heavy atom. The van der Waals surface area contributed by atoms with Crippen LogP contribution in [0.4, 0.5) is 11.5 Å². The van der Waals surface area contributed by atoms with Gasteiger partial charge < -0.3 is 11.1 Å². The van der Waals surface area contributed by atoms with Crippen LogP contribution in [0.1, 0.15) is 11.1 Å². The van der Waals surface area contributed by atoms with Gasteiger partial charge in [0.15, 0.2) is 0 Å². The minimum Gasteiger partial charge on any atom is -0.397 e. The third-order valence-corrected chi connectivity index (χ3v) is 3.46. The van der Waals surface area contributed by atoms with E-state index in [1.54, 1.807) is 12.4 Å². The average molecular weight is 293 g/mol. The second-order valence-corrected chi connectivity index (χ2v) is 4.51. The third kappa shape index (κ3) is 2.74. The number of halogens is 1. The molecular formula is C12H13BrN4. The van der Waals surface area contributed by atoms with Crippen molar-refractivity contribution >= 4 is 27.4 Å². The standard InChI is InChI=1S/C12H13BrN4/c1-8-10(14)7-17-12(11(8)13)16-6-9-3-2-4-15-5-9/h2-5,7H,6,14H2,1H3,(H,16,17). The summed E-state index contributed by atoms with van der Waals surface area (Å²) in [7, 11) is 0. The van der Waals surface area contributed by atoms with Crippen molar-refractivity contribution in [2.45, 2.75) is 13.5 Å². The van der Waals surface area contributed by atoms with Gasteiger partial charge in [-0.25, -0.2) is 4.98 Å². The second-order valence-electron chi connectivity index (χ2n) is 3.72. The zero-order chi connectivity index (χ0) is 12.3. The Hall–Kier alpha value is -1.62. The van der Waals surface area contributed by atoms with E-state index >= 15 is 0 Å². The van der Waals surface area contributed by atoms with Crippen LogP contribution in [0.15, 0.2) is 35.2 Å². The van der Waals surface area contributed by atoms with Crippen LogP contribution >= 0.6 is 15.9 Å². The number of pyridine rings is 2. The van der Waals surface area contributed by atoms with Gasteiger partial charge in [0, 0.05) is 18.9 Å². The molecule has 3 N–H and O–H groups in total. The van der Waals surface area contributed by atoms with Gasteiger partial charge in [0.2, 0.25) is 0 Å². The number of nitrogens with zero attached hydrogens (tertiary/aromatic N) is 2. The van der Waals surface area contributed by atoms with Crippen molar-refractivity contribution in [3.63, 3.8) is 0 Å². The Labute approximate surface area is 108 Å². The Morgan fingerprint density at radius 2 is 2.24 bits per heavy atom. The zero-order valence-corrected chi connectivity index (χ0v) is 11.0. The van der Waals surface area contributed by atoms with E-state index in [2.05, 4.69) is 31.2 Å². The first-order chi connectivity index (χ1) is 8.18. The fourth-order valence-electron chi connectivity index (χ4n) is 1.40. The largest absolute Gasteiger partial charge is 0.397 e. The lowest BCUT2D eigenvalue weighted by atomic mass is 10.2. The lowest BCUT2D eigenvalue weighted by Crippen LogP contribution is -2.04. The fourth-order valence-corrected chi connectivity index (χ4v) is 1.88. The summed E-state index contributed by atoms with van der Waals surface area (Å²) in [5.41, 5.74) is 8.55. The molecule has 17 heavy (non-hydrogen) atoms. The molecule has 0 bridgehead atoms. The molecule has 0 amide bonds. The topological polar surface area (TPSA) is 63.8 Å². The minimum absolute atomic E-state index is 0.683. The molecule has 0 aliphatic carbocycles. The van der Waals surface area contributed by atoms with Gasteiger partial charge >= 0.3 is 0 Å². The van der Waals surface area contributed by atoms with E-state index in [0.29, 0.717) is 12.2 Å². The van der Waals surface area contributed by atoms with E-state index in [-0.39, 0.29) is 0 Å². The van der Waals surface area contributed by atoms with E-state index in [4.69, 9.17) is 5.73 Å². The highest BCUT2D eigenvalue weighted by molar-refractivity contribution is 9.10. The second kappa shape index (κ2) is 5.14. The molecule has 4 nitrogen and oxygen atoms in total. The molecule has 0 aliphatic heterocycles. The van der Waals surface area contributed by atoms with Crippen LogP contribution in [0.2, 0.25) is 0 Å². The lowest BCUT2D eigenvalue weighted by molar-refractivity contribution is 1.08. The molecule has 88 valence electrons. The highest BCUT2D eigenvalue weighted by Gasteiger charge is 2.06. The zero-order valence-electron chi connectivity index (χ0n) is 9.44. The van der Waals surface area contributed by atoms with Gasteiger partial charge in [0.05, 0.1) is 16.4 Å². The molecule has 2 rings (SSSR count). The van der Waals surface area contributed by atoms with Crippen molar-refractivity contribution in [2.24, 2.45) is 0 Å². The van der Waals surface area contributed by atoms with Gasteiger partial charge in [0.25, 0.3) is 0 Å². The van der Waals surface area contributed by atoms with Crippen molar-refractivity contribution in [3.05, 3.63) is 46.3 Å². The molecule has 0 aliphatic rings. The van der Waals surface area contributed by atoms with Crippen molar-refractivity contribution in [2.75, 3.05) is 11.1 Å². The molecule has 0 saturated heterocycles. The number of nitrogen functional groups attached to an aromatic ring is 1. The highest BCUT2D eigenvalue weighted by Crippen LogP contribution is 2.27. The molecule has 2 aromatic rings. The van der Waals surface area contributed by atoms with Gasteiger partial charge in [0.1, 0.15) is 5.82 Å². The molecule has 0 radical (unpaired) electrons. The molecule has 5 heteroatoms. The summed E-state index contributed by atoms with van der Waals surface area (Å²) in [4.78, 5) is 8.31. The number of aromatic nitrogens is 2. The quantitative estimate of drug-likeness (QED) is 0.913. The van der Waals surface area contributed by atoms with Gasteiger partial charge in [-0.15, -0.1) is 0 Å². The molecule has 0 saturated carbocycles. The summed E-state index contributed by atoms with van der Waals surface area (Å²) in [6.07, 6.45) is 5.24. The first kappa shape index (κ1) is 11.9. The molecule has 0 atom stereocenters. The van der Waals surface area contributed by atoms with Crippen LogP contribution < -0.4 is 11.1 Å². The number of rotatable bonds is 3. The summed E-state index contributed by atoms with van der Waals surface area (Å²) in [5, 5.41) is 3.24. The van der Waals surface area contributed by atoms with Crippen molar-refractivity contribution in [1.82, 2.24) is 9.97 Å². The Balaban J connectivity index is 2.13. The number of hydrogen-bond donors (Lipinski definition) is 2. The van der Waals surface area contributed by atoms with E-state index in [9.17, 15) is 0 Å². The van der Waals surface area contributed by atoms with Crippen molar-refractivity contribution in [1.29, 1.82) is 0 Å². The van der Waals surface area contributed by atoms with Crippen LogP contribution in [0, 0.1) is 6.92 Å². The van der Waals surface area contributed by atoms with Crippen LogP contribution in [-0.4, -0.2) is 9.97 Å². The molecule has 0 fully saturated rings. The van der Waals surface area contributed by atoms with Crippen molar-refractivity contribution in [3.8, 4) is 0 Å². The normalized spacial score (nSPS) is 10.2. The van der Waals surface area contributed by atoms with Gasteiger partial charge in [-0.05, 0) is 40.0 Å². The van der Waals surface area contributed by atoms with Gasteiger partial charge in [-0.2, -0.15) is 0 Å². The first-order valence-electron chi connectivity index (χ1n) is 5.22. The summed E-state index contributed by atoms with van der Waals surface area (Å²) in [6, 6.07) is 3.92. The van der Waals surface area contributed by atoms with Crippen LogP contribution in [0.3, 0.4) is 0 Å². The maximum absolute atomic E-state index is 5.77. The smallest absolute Gasteiger partial charge is 0.140 e. The maximum atomic E-state index is 5.77. The molecule has 0 unspecified atom stereocenters. The fraction of sp³-hybridized carbons (Fsp3) is 0.167. The molecule has 0 aromatic carbocycles. The predicted molar refractivity (Wildman–Crippen MR) is 72.7 cm³/mol. The van der Waals surface area contributed by atoms with Crippen molar-refractivity contribution < 1.29 is 0 Å². The molecular weight excluding hydrogens is 280 g/mol. The van der Waals surface area contributed by atoms with E-state index in [0.717, 1.165) is 21.4 Å². The van der Waals surface area contributed by atoms with E-state index in [1.807, 2.05) is 25.3 Å². The average Bonchev–Trinajstić information content (AvgIpc) is 2.36. The molecule has 2 aromatic heterocycles. The third-order valence-electron chi connectivity index (χ3n) is 2.49. The number of nitrogens with two attached hydrogens (primary N) is 1. The van der Waals surface area contributed by atoms with Crippen LogP contribution in [0.25, 0.3) is 0 Å². The predicted octanol–water partition coefficient (Wildman–Crippen LogP) is 2.74.